The number of rotatable bonds is 3. The lowest BCUT2D eigenvalue weighted by Crippen LogP contribution is -2.55. The third-order valence-electron chi connectivity index (χ3n) is 2.53. The first-order chi connectivity index (χ1) is 8.95. The van der Waals surface area contributed by atoms with Gasteiger partial charge in [0.25, 0.3) is 5.96 Å². The van der Waals surface area contributed by atoms with Crippen LogP contribution in [0.15, 0.2) is 11.3 Å². The average Bonchev–Trinajstić information content (AvgIpc) is 2.69. The second-order valence-corrected chi connectivity index (χ2v) is 5.95. The Hall–Kier alpha value is -1.45. The fourth-order valence-electron chi connectivity index (χ4n) is 1.94. The van der Waals surface area contributed by atoms with Gasteiger partial charge in [-0.15, -0.1) is 11.3 Å². The van der Waals surface area contributed by atoms with E-state index in [4.69, 9.17) is 11.6 Å². The van der Waals surface area contributed by atoms with Crippen molar-refractivity contribution in [1.82, 2.24) is 19.7 Å². The van der Waals surface area contributed by atoms with Crippen molar-refractivity contribution in [3.8, 4) is 0 Å². The van der Waals surface area contributed by atoms with E-state index in [-0.39, 0.29) is 0 Å². The van der Waals surface area contributed by atoms with Gasteiger partial charge in [-0.3, -0.25) is 4.90 Å². The molecule has 0 radical (unpaired) electrons. The molecule has 0 aliphatic carbocycles. The number of hydrogen-bond acceptors (Lipinski definition) is 5. The molecule has 0 spiro atoms. The van der Waals surface area contributed by atoms with Crippen molar-refractivity contribution >= 4 is 28.9 Å². The summed E-state index contributed by atoms with van der Waals surface area (Å²) in [6.07, 6.45) is 1.67. The van der Waals surface area contributed by atoms with Crippen LogP contribution in [0.1, 0.15) is 4.88 Å². The number of hydrazone groups is 1. The zero-order valence-corrected chi connectivity index (χ0v) is 12.1. The van der Waals surface area contributed by atoms with Crippen molar-refractivity contribution in [2.45, 2.75) is 6.54 Å². The minimum atomic E-state index is -0.677. The molecular formula is C9H13ClN6O2S. The minimum absolute atomic E-state index is 0.340. The van der Waals surface area contributed by atoms with Crippen LogP contribution in [0.2, 0.25) is 4.47 Å². The third kappa shape index (κ3) is 3.52. The van der Waals surface area contributed by atoms with Crippen LogP contribution in [-0.2, 0) is 6.54 Å². The zero-order valence-electron chi connectivity index (χ0n) is 10.5. The molecule has 8 nitrogen and oxygen atoms in total. The summed E-state index contributed by atoms with van der Waals surface area (Å²) < 4.78 is 0.460. The number of thiazole rings is 1. The van der Waals surface area contributed by atoms with E-state index in [1.165, 1.54) is 11.3 Å². The molecule has 2 rings (SSSR count). The number of nitro groups is 1. The van der Waals surface area contributed by atoms with Crippen molar-refractivity contribution in [3.05, 3.63) is 25.7 Å². The highest BCUT2D eigenvalue weighted by molar-refractivity contribution is 7.15. The van der Waals surface area contributed by atoms with Gasteiger partial charge in [-0.1, -0.05) is 11.6 Å². The Labute approximate surface area is 119 Å². The van der Waals surface area contributed by atoms with Crippen LogP contribution in [0.25, 0.3) is 0 Å². The second kappa shape index (κ2) is 5.68. The van der Waals surface area contributed by atoms with Crippen LogP contribution in [0.3, 0.4) is 0 Å². The summed E-state index contributed by atoms with van der Waals surface area (Å²) in [5.41, 5.74) is 0. The molecule has 2 heterocycles. The number of aromatic nitrogens is 1. The monoisotopic (exact) mass is 304 g/mol. The summed E-state index contributed by atoms with van der Waals surface area (Å²) in [7, 11) is 3.71. The first-order valence-electron chi connectivity index (χ1n) is 5.43. The van der Waals surface area contributed by atoms with Crippen LogP contribution in [0.5, 0.6) is 0 Å². The number of guanidine groups is 1. The molecule has 19 heavy (non-hydrogen) atoms. The molecule has 0 unspecified atom stereocenters. The molecule has 0 bridgehead atoms. The van der Waals surface area contributed by atoms with Gasteiger partial charge < -0.3 is 9.80 Å². The molecule has 0 atom stereocenters. The summed E-state index contributed by atoms with van der Waals surface area (Å²) in [5, 5.41) is 13.4. The molecule has 0 aromatic carbocycles. The van der Waals surface area contributed by atoms with E-state index in [2.05, 4.69) is 10.1 Å². The van der Waals surface area contributed by atoms with E-state index in [1.54, 1.807) is 18.1 Å². The molecule has 1 saturated heterocycles. The first-order valence-corrected chi connectivity index (χ1v) is 6.63. The standard InChI is InChI=1S/C9H13ClN6O2S/c1-13-5-14(2)9(12-16(17)18)15(6-13)4-7-3-11-8(10)19-7/h3H,4-6H2,1-2H3. The zero-order chi connectivity index (χ0) is 14.0. The highest BCUT2D eigenvalue weighted by Gasteiger charge is 2.27. The van der Waals surface area contributed by atoms with Gasteiger partial charge in [0.05, 0.1) is 19.9 Å². The Balaban J connectivity index is 2.20. The fraction of sp³-hybridized carbons (Fsp3) is 0.556. The number of halogens is 1. The van der Waals surface area contributed by atoms with Gasteiger partial charge in [-0.25, -0.2) is 15.1 Å². The van der Waals surface area contributed by atoms with Gasteiger partial charge in [0.1, 0.15) is 5.10 Å². The maximum Gasteiger partial charge on any atom is 0.276 e. The van der Waals surface area contributed by atoms with Crippen molar-refractivity contribution < 1.29 is 5.03 Å². The van der Waals surface area contributed by atoms with Crippen molar-refractivity contribution in [2.24, 2.45) is 5.10 Å². The minimum Gasteiger partial charge on any atom is -0.328 e. The van der Waals surface area contributed by atoms with Gasteiger partial charge in [-0.2, -0.15) is 0 Å². The Bertz CT molecular complexity index is 507. The smallest absolute Gasteiger partial charge is 0.276 e. The number of nitrogens with zero attached hydrogens (tertiary/aromatic N) is 6. The van der Waals surface area contributed by atoms with Crippen LogP contribution in [-0.4, -0.2) is 58.1 Å². The summed E-state index contributed by atoms with van der Waals surface area (Å²) in [6, 6.07) is 0. The van der Waals surface area contributed by atoms with Crippen LogP contribution in [0, 0.1) is 10.1 Å². The molecule has 1 aromatic rings. The lowest BCUT2D eigenvalue weighted by atomic mass is 10.4. The summed E-state index contributed by atoms with van der Waals surface area (Å²) >= 11 is 7.14. The highest BCUT2D eigenvalue weighted by Crippen LogP contribution is 2.21. The largest absolute Gasteiger partial charge is 0.328 e. The molecule has 1 fully saturated rings. The van der Waals surface area contributed by atoms with E-state index in [0.29, 0.717) is 30.3 Å². The fourth-order valence-corrected chi connectivity index (χ4v) is 2.94. The summed E-state index contributed by atoms with van der Waals surface area (Å²) in [4.78, 5) is 21.1. The Kier molecular flexibility index (Phi) is 4.17. The second-order valence-electron chi connectivity index (χ2n) is 4.25. The van der Waals surface area contributed by atoms with E-state index < -0.39 is 5.03 Å². The molecule has 0 saturated carbocycles. The Morgan fingerprint density at radius 2 is 2.32 bits per heavy atom. The predicted octanol–water partition coefficient (Wildman–Crippen LogP) is 0.938. The van der Waals surface area contributed by atoms with Crippen LogP contribution < -0.4 is 0 Å². The molecule has 1 aliphatic rings. The molecule has 0 amide bonds. The lowest BCUT2D eigenvalue weighted by molar-refractivity contribution is -0.486. The van der Waals surface area contributed by atoms with E-state index in [9.17, 15) is 10.1 Å². The van der Waals surface area contributed by atoms with Gasteiger partial charge in [0.15, 0.2) is 9.50 Å². The maximum absolute atomic E-state index is 10.6. The SMILES string of the molecule is CN1CN(C)C(=N[N+](=O)[O-])N(Cc2cnc(Cl)s2)C1. The van der Waals surface area contributed by atoms with E-state index in [0.717, 1.165) is 4.88 Å². The van der Waals surface area contributed by atoms with Gasteiger partial charge in [-0.05, 0) is 7.05 Å². The van der Waals surface area contributed by atoms with Gasteiger partial charge >= 0.3 is 0 Å². The number of hydrogen-bond donors (Lipinski definition) is 0. The van der Waals surface area contributed by atoms with Crippen LogP contribution in [0.4, 0.5) is 0 Å². The lowest BCUT2D eigenvalue weighted by Gasteiger charge is -2.39. The van der Waals surface area contributed by atoms with Gasteiger partial charge in [0, 0.05) is 18.1 Å². The topological polar surface area (TPSA) is 78.1 Å². The molecular weight excluding hydrogens is 292 g/mol. The molecule has 0 N–H and O–H groups in total. The Morgan fingerprint density at radius 1 is 1.58 bits per heavy atom. The van der Waals surface area contributed by atoms with E-state index >= 15 is 0 Å². The normalized spacial score (nSPS) is 19.2. The third-order valence-corrected chi connectivity index (χ3v) is 3.63. The maximum atomic E-state index is 10.6. The van der Waals surface area contributed by atoms with E-state index in [1.807, 2.05) is 16.8 Å². The molecule has 104 valence electrons. The van der Waals surface area contributed by atoms with Crippen molar-refractivity contribution in [1.29, 1.82) is 0 Å². The summed E-state index contributed by atoms with van der Waals surface area (Å²) in [5.74, 6) is 0.340. The summed E-state index contributed by atoms with van der Waals surface area (Å²) in [6.45, 7) is 1.64. The average molecular weight is 305 g/mol. The first kappa shape index (κ1) is 14.0. The van der Waals surface area contributed by atoms with Gasteiger partial charge in [0.2, 0.25) is 0 Å². The molecule has 10 heteroatoms. The quantitative estimate of drug-likeness (QED) is 0.611. The highest BCUT2D eigenvalue weighted by atomic mass is 35.5. The molecule has 1 aliphatic heterocycles. The van der Waals surface area contributed by atoms with Crippen molar-refractivity contribution in [2.75, 3.05) is 27.4 Å². The predicted molar refractivity (Wildman–Crippen MR) is 72.4 cm³/mol. The van der Waals surface area contributed by atoms with Crippen molar-refractivity contribution in [3.63, 3.8) is 0 Å². The Morgan fingerprint density at radius 3 is 2.89 bits per heavy atom. The molecule has 1 aromatic heterocycles. The van der Waals surface area contributed by atoms with Crippen LogP contribution >= 0.6 is 22.9 Å².